The number of likely N-dealkylation sites (N-methyl/N-ethyl adjacent to an activating group) is 1. The van der Waals surface area contributed by atoms with E-state index in [0.717, 1.165) is 44.5 Å². The van der Waals surface area contributed by atoms with Crippen LogP contribution in [0.15, 0.2) is 24.3 Å². The van der Waals surface area contributed by atoms with Crippen molar-refractivity contribution in [2.24, 2.45) is 5.92 Å². The molecule has 2 aliphatic rings. The third-order valence-electron chi connectivity index (χ3n) is 5.55. The number of hydrogen-bond acceptors (Lipinski definition) is 3. The highest BCUT2D eigenvalue weighted by Crippen LogP contribution is 2.34. The monoisotopic (exact) mass is 348 g/mol. The molecular formula is C20H29FN2O2. The van der Waals surface area contributed by atoms with Gasteiger partial charge in [0.15, 0.2) is 0 Å². The van der Waals surface area contributed by atoms with E-state index in [0.29, 0.717) is 6.54 Å². The van der Waals surface area contributed by atoms with Gasteiger partial charge >= 0.3 is 0 Å². The van der Waals surface area contributed by atoms with Gasteiger partial charge in [-0.3, -0.25) is 4.79 Å². The number of carbonyl (C=O) groups excluding carboxylic acids is 1. The maximum atomic E-state index is 13.8. The minimum atomic E-state index is -0.330. The topological polar surface area (TPSA) is 32.8 Å². The first-order valence-electron chi connectivity index (χ1n) is 9.29. The summed E-state index contributed by atoms with van der Waals surface area (Å²) < 4.78 is 20.1. The quantitative estimate of drug-likeness (QED) is 0.839. The van der Waals surface area contributed by atoms with Gasteiger partial charge in [0.2, 0.25) is 0 Å². The Morgan fingerprint density at radius 3 is 2.60 bits per heavy atom. The minimum Gasteiger partial charge on any atom is -0.360 e. The van der Waals surface area contributed by atoms with E-state index in [4.69, 9.17) is 4.74 Å². The largest absolute Gasteiger partial charge is 0.360 e. The second-order valence-corrected chi connectivity index (χ2v) is 7.84. The molecule has 0 aliphatic carbocycles. The van der Waals surface area contributed by atoms with Crippen LogP contribution in [0.2, 0.25) is 0 Å². The zero-order chi connectivity index (χ0) is 18.0. The molecule has 4 nitrogen and oxygen atoms in total. The maximum Gasteiger partial charge on any atom is 0.251 e. The fourth-order valence-electron chi connectivity index (χ4n) is 3.95. The van der Waals surface area contributed by atoms with Gasteiger partial charge in [-0.25, -0.2) is 4.39 Å². The molecule has 3 rings (SSSR count). The van der Waals surface area contributed by atoms with E-state index in [1.165, 1.54) is 6.07 Å². The Bertz CT molecular complexity index is 611. The summed E-state index contributed by atoms with van der Waals surface area (Å²) in [5.41, 5.74) is 0.563. The third-order valence-corrected chi connectivity index (χ3v) is 5.55. The zero-order valence-corrected chi connectivity index (χ0v) is 15.5. The first-order chi connectivity index (χ1) is 11.9. The van der Waals surface area contributed by atoms with Crippen molar-refractivity contribution in [1.82, 2.24) is 9.80 Å². The Morgan fingerprint density at radius 1 is 1.28 bits per heavy atom. The Balaban J connectivity index is 1.56. The molecule has 0 unspecified atom stereocenters. The van der Waals surface area contributed by atoms with Crippen LogP contribution in [-0.2, 0) is 16.0 Å². The molecule has 25 heavy (non-hydrogen) atoms. The van der Waals surface area contributed by atoms with Crippen LogP contribution in [0, 0.1) is 11.7 Å². The van der Waals surface area contributed by atoms with Crippen molar-refractivity contribution >= 4 is 5.91 Å². The fraction of sp³-hybridized carbons (Fsp3) is 0.650. The van der Waals surface area contributed by atoms with Gasteiger partial charge in [-0.05, 0) is 36.8 Å². The summed E-state index contributed by atoms with van der Waals surface area (Å²) in [6.45, 7) is 7.48. The van der Waals surface area contributed by atoms with Crippen molar-refractivity contribution in [2.45, 2.75) is 44.8 Å². The number of halogens is 1. The number of piperidine rings is 1. The molecule has 5 heteroatoms. The van der Waals surface area contributed by atoms with E-state index in [1.54, 1.807) is 6.07 Å². The van der Waals surface area contributed by atoms with Crippen LogP contribution in [0.5, 0.6) is 0 Å². The number of likely N-dealkylation sites (tertiary alicyclic amines) is 1. The van der Waals surface area contributed by atoms with Gasteiger partial charge in [0.1, 0.15) is 11.9 Å². The second kappa shape index (κ2) is 7.42. The number of hydrogen-bond donors (Lipinski definition) is 0. The van der Waals surface area contributed by atoms with Gasteiger partial charge in [0.05, 0.1) is 5.60 Å². The molecule has 0 aromatic heterocycles. The van der Waals surface area contributed by atoms with E-state index >= 15 is 0 Å². The van der Waals surface area contributed by atoms with Gasteiger partial charge in [0, 0.05) is 33.2 Å². The Morgan fingerprint density at radius 2 is 1.96 bits per heavy atom. The van der Waals surface area contributed by atoms with E-state index < -0.39 is 0 Å². The van der Waals surface area contributed by atoms with Gasteiger partial charge in [0.25, 0.3) is 5.91 Å². The highest BCUT2D eigenvalue weighted by Gasteiger charge is 2.46. The minimum absolute atomic E-state index is 0.0996. The lowest BCUT2D eigenvalue weighted by Crippen LogP contribution is -2.62. The predicted octanol–water partition coefficient (Wildman–Crippen LogP) is 2.72. The standard InChI is InChI=1S/C20H29FN2O2/c1-15(2)18-19(24)22(3)14-20(25-18)9-12-23(13-10-20)11-8-16-6-4-5-7-17(16)21/h4-7,15,18H,8-14H2,1-3H3/t18-/m1/s1. The molecule has 1 spiro atoms. The number of ether oxygens (including phenoxy) is 1. The molecule has 1 atom stereocenters. The van der Waals surface area contributed by atoms with E-state index in [2.05, 4.69) is 4.90 Å². The van der Waals surface area contributed by atoms with Gasteiger partial charge in [-0.2, -0.15) is 0 Å². The third kappa shape index (κ3) is 4.04. The highest BCUT2D eigenvalue weighted by molar-refractivity contribution is 5.81. The summed E-state index contributed by atoms with van der Waals surface area (Å²) in [6.07, 6.45) is 2.24. The highest BCUT2D eigenvalue weighted by atomic mass is 19.1. The molecule has 2 saturated heterocycles. The molecule has 2 heterocycles. The van der Waals surface area contributed by atoms with Crippen LogP contribution in [-0.4, -0.2) is 60.6 Å². The number of carbonyl (C=O) groups is 1. The van der Waals surface area contributed by atoms with Crippen LogP contribution < -0.4 is 0 Å². The van der Waals surface area contributed by atoms with E-state index in [-0.39, 0.29) is 29.3 Å². The number of nitrogens with zero attached hydrogens (tertiary/aromatic N) is 2. The molecule has 0 radical (unpaired) electrons. The van der Waals surface area contributed by atoms with Crippen LogP contribution in [0.1, 0.15) is 32.3 Å². The molecular weight excluding hydrogens is 319 g/mol. The first-order valence-corrected chi connectivity index (χ1v) is 9.29. The summed E-state index contributed by atoms with van der Waals surface area (Å²) >= 11 is 0. The molecule has 2 fully saturated rings. The normalized spacial score (nSPS) is 24.3. The van der Waals surface area contributed by atoms with Crippen LogP contribution in [0.3, 0.4) is 0 Å². The summed E-state index contributed by atoms with van der Waals surface area (Å²) in [5, 5.41) is 0. The van der Waals surface area contributed by atoms with E-state index in [1.807, 2.05) is 37.9 Å². The lowest BCUT2D eigenvalue weighted by atomic mass is 9.87. The molecule has 0 saturated carbocycles. The number of morpholine rings is 1. The lowest BCUT2D eigenvalue weighted by molar-refractivity contribution is -0.197. The van der Waals surface area contributed by atoms with Crippen molar-refractivity contribution in [2.75, 3.05) is 33.2 Å². The lowest BCUT2D eigenvalue weighted by Gasteiger charge is -2.49. The number of amides is 1. The van der Waals surface area contributed by atoms with Crippen molar-refractivity contribution in [3.05, 3.63) is 35.6 Å². The Hall–Kier alpha value is -1.46. The molecule has 0 N–H and O–H groups in total. The zero-order valence-electron chi connectivity index (χ0n) is 15.5. The Kier molecular flexibility index (Phi) is 5.44. The summed E-state index contributed by atoms with van der Waals surface area (Å²) in [6, 6.07) is 7.00. The van der Waals surface area contributed by atoms with Gasteiger partial charge in [-0.1, -0.05) is 32.0 Å². The Labute approximate surface area is 149 Å². The summed E-state index contributed by atoms with van der Waals surface area (Å²) in [4.78, 5) is 16.5. The first kappa shape index (κ1) is 18.3. The predicted molar refractivity (Wildman–Crippen MR) is 95.9 cm³/mol. The maximum absolute atomic E-state index is 13.8. The van der Waals surface area contributed by atoms with Gasteiger partial charge in [-0.15, -0.1) is 0 Å². The average Bonchev–Trinajstić information content (AvgIpc) is 2.59. The fourth-order valence-corrected chi connectivity index (χ4v) is 3.95. The van der Waals surface area contributed by atoms with Crippen LogP contribution in [0.4, 0.5) is 4.39 Å². The van der Waals surface area contributed by atoms with Crippen molar-refractivity contribution < 1.29 is 13.9 Å². The molecule has 1 amide bonds. The van der Waals surface area contributed by atoms with Crippen LogP contribution >= 0.6 is 0 Å². The number of benzene rings is 1. The SMILES string of the molecule is CC(C)[C@H]1OC2(CCN(CCc3ccccc3F)CC2)CN(C)C1=O. The van der Waals surface area contributed by atoms with E-state index in [9.17, 15) is 9.18 Å². The second-order valence-electron chi connectivity index (χ2n) is 7.84. The van der Waals surface area contributed by atoms with Crippen molar-refractivity contribution in [3.63, 3.8) is 0 Å². The summed E-state index contributed by atoms with van der Waals surface area (Å²) in [7, 11) is 1.88. The average molecular weight is 348 g/mol. The number of rotatable bonds is 4. The smallest absolute Gasteiger partial charge is 0.251 e. The molecule has 138 valence electrons. The molecule has 1 aromatic carbocycles. The molecule has 1 aromatic rings. The molecule has 0 bridgehead atoms. The van der Waals surface area contributed by atoms with Crippen molar-refractivity contribution in [3.8, 4) is 0 Å². The van der Waals surface area contributed by atoms with Crippen LogP contribution in [0.25, 0.3) is 0 Å². The van der Waals surface area contributed by atoms with Crippen molar-refractivity contribution in [1.29, 1.82) is 0 Å². The van der Waals surface area contributed by atoms with Gasteiger partial charge < -0.3 is 14.5 Å². The summed E-state index contributed by atoms with van der Waals surface area (Å²) in [5.74, 6) is 0.167. The molecule has 2 aliphatic heterocycles.